The second-order valence-electron chi connectivity index (χ2n) is 7.31. The van der Waals surface area contributed by atoms with Crippen LogP contribution in [0.2, 0.25) is 0 Å². The van der Waals surface area contributed by atoms with Crippen molar-refractivity contribution in [2.24, 2.45) is 4.99 Å². The number of hydrogen-bond acceptors (Lipinski definition) is 7. The lowest BCUT2D eigenvalue weighted by molar-refractivity contribution is 0.403. The van der Waals surface area contributed by atoms with Crippen molar-refractivity contribution in [3.63, 3.8) is 0 Å². The first kappa shape index (κ1) is 20.1. The third kappa shape index (κ3) is 4.09. The number of sulfone groups is 1. The van der Waals surface area contributed by atoms with Gasteiger partial charge in [-0.25, -0.2) is 8.42 Å². The maximum Gasteiger partial charge on any atom is 0.164 e. The molecule has 4 rings (SSSR count). The summed E-state index contributed by atoms with van der Waals surface area (Å²) < 4.78 is 35.5. The highest BCUT2D eigenvalue weighted by molar-refractivity contribution is 8.13. The van der Waals surface area contributed by atoms with Crippen LogP contribution in [0.3, 0.4) is 0 Å². The molecule has 2 aliphatic heterocycles. The molecular weight excluding hydrogens is 408 g/mol. The number of nitrogens with zero attached hydrogens (tertiary/aromatic N) is 2. The molecule has 8 heteroatoms. The molecule has 0 amide bonds. The van der Waals surface area contributed by atoms with Crippen LogP contribution < -0.4 is 14.4 Å². The van der Waals surface area contributed by atoms with Crippen molar-refractivity contribution < 1.29 is 17.9 Å². The van der Waals surface area contributed by atoms with Gasteiger partial charge in [-0.1, -0.05) is 41.6 Å². The average molecular weight is 433 g/mol. The highest BCUT2D eigenvalue weighted by atomic mass is 32.2. The zero-order chi connectivity index (χ0) is 20.6. The lowest BCUT2D eigenvalue weighted by Gasteiger charge is -2.28. The first-order valence-corrected chi connectivity index (χ1v) is 12.2. The Labute approximate surface area is 175 Å². The molecule has 154 valence electrons. The Morgan fingerprint density at radius 3 is 2.55 bits per heavy atom. The summed E-state index contributed by atoms with van der Waals surface area (Å²) in [6, 6.07) is 13.5. The molecule has 0 aromatic heterocycles. The lowest BCUT2D eigenvalue weighted by atomic mass is 10.1. The Hall–Kier alpha value is -2.19. The number of benzene rings is 2. The van der Waals surface area contributed by atoms with E-state index in [1.54, 1.807) is 26.0 Å². The van der Waals surface area contributed by atoms with Gasteiger partial charge in [-0.2, -0.15) is 0 Å². The summed E-state index contributed by atoms with van der Waals surface area (Å²) in [4.78, 5) is 6.82. The normalized spacial score (nSPS) is 22.3. The molecule has 1 fully saturated rings. The van der Waals surface area contributed by atoms with E-state index in [0.717, 1.165) is 16.6 Å². The van der Waals surface area contributed by atoms with Crippen molar-refractivity contribution >= 4 is 32.5 Å². The first-order chi connectivity index (χ1) is 13.9. The highest BCUT2D eigenvalue weighted by Gasteiger charge is 2.47. The summed E-state index contributed by atoms with van der Waals surface area (Å²) in [6.07, 6.45) is 0. The van der Waals surface area contributed by atoms with Crippen molar-refractivity contribution in [3.05, 3.63) is 53.6 Å². The predicted molar refractivity (Wildman–Crippen MR) is 118 cm³/mol. The molecule has 2 atom stereocenters. The van der Waals surface area contributed by atoms with Gasteiger partial charge in [0.25, 0.3) is 0 Å². The Morgan fingerprint density at radius 2 is 1.86 bits per heavy atom. The topological polar surface area (TPSA) is 68.2 Å². The fourth-order valence-corrected chi connectivity index (χ4v) is 6.65. The van der Waals surface area contributed by atoms with E-state index >= 15 is 0 Å². The second-order valence-corrected chi connectivity index (χ2v) is 10.4. The number of thioether (sulfide) groups is 1. The molecule has 0 spiro atoms. The number of fused-ring (bicyclic) bond motifs is 1. The second kappa shape index (κ2) is 7.91. The van der Waals surface area contributed by atoms with Gasteiger partial charge in [-0.3, -0.25) is 4.99 Å². The number of hydrogen-bond donors (Lipinski definition) is 0. The van der Waals surface area contributed by atoms with Crippen molar-refractivity contribution in [1.82, 2.24) is 0 Å². The van der Waals surface area contributed by atoms with Gasteiger partial charge in [0.1, 0.15) is 11.5 Å². The van der Waals surface area contributed by atoms with Crippen molar-refractivity contribution in [3.8, 4) is 11.5 Å². The van der Waals surface area contributed by atoms with Gasteiger partial charge in [-0.05, 0) is 24.6 Å². The number of ether oxygens (including phenoxy) is 2. The van der Waals surface area contributed by atoms with E-state index in [-0.39, 0.29) is 23.6 Å². The first-order valence-electron chi connectivity index (χ1n) is 9.38. The average Bonchev–Trinajstić information content (AvgIpc) is 3.17. The third-order valence-corrected chi connectivity index (χ3v) is 7.98. The van der Waals surface area contributed by atoms with E-state index < -0.39 is 9.84 Å². The summed E-state index contributed by atoms with van der Waals surface area (Å²) >= 11 is 1.62. The highest BCUT2D eigenvalue weighted by Crippen LogP contribution is 2.41. The van der Waals surface area contributed by atoms with E-state index in [4.69, 9.17) is 14.5 Å². The minimum Gasteiger partial charge on any atom is -0.497 e. The van der Waals surface area contributed by atoms with Crippen LogP contribution in [0, 0.1) is 6.92 Å². The molecule has 0 N–H and O–H groups in total. The summed E-state index contributed by atoms with van der Waals surface area (Å²) in [5, 5.41) is 0.821. The van der Waals surface area contributed by atoms with Crippen LogP contribution in [0.4, 0.5) is 5.69 Å². The van der Waals surface area contributed by atoms with Gasteiger partial charge in [0.05, 0.1) is 43.5 Å². The minimum absolute atomic E-state index is 0.0923. The molecule has 6 nitrogen and oxygen atoms in total. The molecule has 0 bridgehead atoms. The molecule has 0 saturated carbocycles. The van der Waals surface area contributed by atoms with Crippen LogP contribution in [0.25, 0.3) is 0 Å². The summed E-state index contributed by atoms with van der Waals surface area (Å²) in [5.74, 6) is 2.30. The van der Waals surface area contributed by atoms with Crippen LogP contribution in [-0.2, 0) is 15.6 Å². The number of amidine groups is 1. The zero-order valence-electron chi connectivity index (χ0n) is 16.7. The molecule has 0 aliphatic carbocycles. The number of rotatable bonds is 5. The largest absolute Gasteiger partial charge is 0.497 e. The standard InChI is InChI=1S/C21H24N2O4S2/c1-14-4-6-15(7-5-14)11-28-21-22-17-12-29(24,25)13-19(17)23(21)18-10-16(26-2)8-9-20(18)27-3/h4-10,17,19H,11-13H2,1-3H3/t17-,19+/m0/s1. The number of anilines is 1. The van der Waals surface area contributed by atoms with Crippen LogP contribution >= 0.6 is 11.8 Å². The molecule has 2 aliphatic rings. The van der Waals surface area contributed by atoms with Crippen molar-refractivity contribution in [2.75, 3.05) is 30.6 Å². The Morgan fingerprint density at radius 1 is 1.10 bits per heavy atom. The Bertz CT molecular complexity index is 1040. The fraction of sp³-hybridized carbons (Fsp3) is 0.381. The van der Waals surface area contributed by atoms with Gasteiger partial charge in [0.15, 0.2) is 15.0 Å². The van der Waals surface area contributed by atoms with Crippen molar-refractivity contribution in [1.29, 1.82) is 0 Å². The number of methoxy groups -OCH3 is 2. The summed E-state index contributed by atoms with van der Waals surface area (Å²) in [6.45, 7) is 2.07. The Balaban J connectivity index is 1.68. The molecule has 29 heavy (non-hydrogen) atoms. The van der Waals surface area contributed by atoms with Gasteiger partial charge < -0.3 is 14.4 Å². The molecule has 0 radical (unpaired) electrons. The molecular formula is C21H24N2O4S2. The predicted octanol–water partition coefficient (Wildman–Crippen LogP) is 3.29. The van der Waals surface area contributed by atoms with Gasteiger partial charge in [0.2, 0.25) is 0 Å². The zero-order valence-corrected chi connectivity index (χ0v) is 18.3. The van der Waals surface area contributed by atoms with E-state index in [1.807, 2.05) is 23.1 Å². The quantitative estimate of drug-likeness (QED) is 0.722. The molecule has 1 saturated heterocycles. The summed E-state index contributed by atoms with van der Waals surface area (Å²) in [7, 11) is 0.115. The maximum absolute atomic E-state index is 12.3. The molecule has 2 aromatic carbocycles. The van der Waals surface area contributed by atoms with Gasteiger partial charge >= 0.3 is 0 Å². The van der Waals surface area contributed by atoms with Gasteiger partial charge in [0, 0.05) is 11.8 Å². The smallest absolute Gasteiger partial charge is 0.164 e. The molecule has 2 heterocycles. The minimum atomic E-state index is -3.11. The van der Waals surface area contributed by atoms with Crippen LogP contribution in [-0.4, -0.2) is 51.4 Å². The molecule has 2 aromatic rings. The van der Waals surface area contributed by atoms with E-state index in [0.29, 0.717) is 11.5 Å². The summed E-state index contributed by atoms with van der Waals surface area (Å²) in [5.41, 5.74) is 3.21. The van der Waals surface area contributed by atoms with E-state index in [1.165, 1.54) is 11.1 Å². The monoisotopic (exact) mass is 432 g/mol. The molecule has 0 unspecified atom stereocenters. The SMILES string of the molecule is COc1ccc(OC)c(N2C(SCc3ccc(C)cc3)=N[C@H]3CS(=O)(=O)C[C@H]32)c1. The maximum atomic E-state index is 12.3. The van der Waals surface area contributed by atoms with Crippen LogP contribution in [0.1, 0.15) is 11.1 Å². The third-order valence-electron chi connectivity index (χ3n) is 5.24. The Kier molecular flexibility index (Phi) is 5.48. The fourth-order valence-electron chi connectivity index (χ4n) is 3.73. The van der Waals surface area contributed by atoms with Crippen LogP contribution in [0.5, 0.6) is 11.5 Å². The van der Waals surface area contributed by atoms with E-state index in [9.17, 15) is 8.42 Å². The van der Waals surface area contributed by atoms with Crippen LogP contribution in [0.15, 0.2) is 47.5 Å². The number of aliphatic imine (C=N–C) groups is 1. The van der Waals surface area contributed by atoms with E-state index in [2.05, 4.69) is 31.2 Å². The lowest BCUT2D eigenvalue weighted by Crippen LogP contribution is -2.39. The van der Waals surface area contributed by atoms with Gasteiger partial charge in [-0.15, -0.1) is 0 Å². The number of aryl methyl sites for hydroxylation is 1. The van der Waals surface area contributed by atoms with Crippen molar-refractivity contribution in [2.45, 2.75) is 24.8 Å².